The molecule has 8 nitrogen and oxygen atoms in total. The maximum Gasteiger partial charge on any atom is 0.278 e. The van der Waals surface area contributed by atoms with Crippen LogP contribution >= 0.6 is 11.8 Å². The Hall–Kier alpha value is -2.81. The zero-order chi connectivity index (χ0) is 20.5. The normalized spacial score (nSPS) is 22.9. The van der Waals surface area contributed by atoms with Crippen LogP contribution in [0.4, 0.5) is 5.69 Å². The lowest BCUT2D eigenvalue weighted by Gasteiger charge is -2.31. The number of ether oxygens (including phenoxy) is 2. The number of aromatic nitrogens is 1. The summed E-state index contributed by atoms with van der Waals surface area (Å²) in [7, 11) is 3.00. The average molecular weight is 414 g/mol. The summed E-state index contributed by atoms with van der Waals surface area (Å²) in [5.41, 5.74) is 1.35. The first kappa shape index (κ1) is 19.5. The van der Waals surface area contributed by atoms with Crippen LogP contribution in [0, 0.1) is 10.1 Å². The van der Waals surface area contributed by atoms with E-state index >= 15 is 0 Å². The van der Waals surface area contributed by atoms with Crippen LogP contribution in [0.15, 0.2) is 41.5 Å². The molecule has 0 amide bonds. The van der Waals surface area contributed by atoms with E-state index in [2.05, 4.69) is 16.8 Å². The average Bonchev–Trinajstić information content (AvgIpc) is 3.32. The molecule has 1 aromatic heterocycles. The number of nitro groups is 1. The second kappa shape index (κ2) is 7.90. The number of pyridine rings is 1. The summed E-state index contributed by atoms with van der Waals surface area (Å²) < 4.78 is 10.7. The number of nitrogens with zero attached hydrogens (tertiary/aromatic N) is 4. The summed E-state index contributed by atoms with van der Waals surface area (Å²) in [5, 5.41) is 12.9. The van der Waals surface area contributed by atoms with Gasteiger partial charge in [-0.15, -0.1) is 0 Å². The SMILES string of the molecule is CC[C@H]1CSC2=N[C@H](c3ccccn3)[C@@H](c3cc(OC)c(OC)cc3[N+](=O)[O-])N21. The molecule has 0 N–H and O–H groups in total. The second-order valence-electron chi connectivity index (χ2n) is 6.86. The van der Waals surface area contributed by atoms with Gasteiger partial charge in [0.2, 0.25) is 0 Å². The van der Waals surface area contributed by atoms with Gasteiger partial charge in [-0.3, -0.25) is 20.1 Å². The number of rotatable bonds is 6. The Morgan fingerprint density at radius 1 is 1.28 bits per heavy atom. The summed E-state index contributed by atoms with van der Waals surface area (Å²) in [5.74, 6) is 1.71. The van der Waals surface area contributed by atoms with Crippen molar-refractivity contribution in [1.29, 1.82) is 0 Å². The summed E-state index contributed by atoms with van der Waals surface area (Å²) in [6.07, 6.45) is 2.65. The van der Waals surface area contributed by atoms with Crippen molar-refractivity contribution in [2.75, 3.05) is 20.0 Å². The number of thioether (sulfide) groups is 1. The molecule has 29 heavy (non-hydrogen) atoms. The molecular formula is C20H22N4O4S. The third-order valence-corrected chi connectivity index (χ3v) is 6.50. The maximum absolute atomic E-state index is 12.0. The molecule has 2 aliphatic rings. The summed E-state index contributed by atoms with van der Waals surface area (Å²) >= 11 is 1.70. The van der Waals surface area contributed by atoms with Crippen molar-refractivity contribution < 1.29 is 14.4 Å². The van der Waals surface area contributed by atoms with Crippen LogP contribution in [-0.4, -0.2) is 46.0 Å². The first-order valence-electron chi connectivity index (χ1n) is 9.39. The van der Waals surface area contributed by atoms with E-state index in [1.807, 2.05) is 18.2 Å². The Labute approximate surface area is 173 Å². The fourth-order valence-electron chi connectivity index (χ4n) is 3.97. The fourth-order valence-corrected chi connectivity index (χ4v) is 5.30. The molecule has 3 atom stereocenters. The lowest BCUT2D eigenvalue weighted by Crippen LogP contribution is -2.35. The van der Waals surface area contributed by atoms with E-state index in [0.29, 0.717) is 17.1 Å². The number of nitro benzene ring substituents is 1. The Balaban J connectivity index is 1.91. The van der Waals surface area contributed by atoms with Crippen molar-refractivity contribution in [3.8, 4) is 11.5 Å². The number of amidine groups is 1. The van der Waals surface area contributed by atoms with Crippen molar-refractivity contribution in [2.24, 2.45) is 4.99 Å². The van der Waals surface area contributed by atoms with Crippen molar-refractivity contribution in [1.82, 2.24) is 9.88 Å². The summed E-state index contributed by atoms with van der Waals surface area (Å²) in [6, 6.07) is 8.43. The van der Waals surface area contributed by atoms with Crippen LogP contribution in [0.25, 0.3) is 0 Å². The fraction of sp³-hybridized carbons (Fsp3) is 0.400. The van der Waals surface area contributed by atoms with Gasteiger partial charge in [0.25, 0.3) is 5.69 Å². The molecule has 0 spiro atoms. The first-order chi connectivity index (χ1) is 14.1. The van der Waals surface area contributed by atoms with Gasteiger partial charge in [-0.05, 0) is 24.6 Å². The molecule has 0 unspecified atom stereocenters. The monoisotopic (exact) mass is 414 g/mol. The van der Waals surface area contributed by atoms with Crippen LogP contribution in [-0.2, 0) is 0 Å². The number of methoxy groups -OCH3 is 2. The number of aliphatic imine (C=N–C) groups is 1. The minimum atomic E-state index is -0.366. The van der Waals surface area contributed by atoms with Gasteiger partial charge in [-0.25, -0.2) is 0 Å². The smallest absolute Gasteiger partial charge is 0.278 e. The Bertz CT molecular complexity index is 953. The molecule has 0 saturated carbocycles. The lowest BCUT2D eigenvalue weighted by atomic mass is 9.93. The zero-order valence-corrected chi connectivity index (χ0v) is 17.3. The molecule has 0 bridgehead atoms. The second-order valence-corrected chi connectivity index (χ2v) is 7.85. The Morgan fingerprint density at radius 2 is 2.03 bits per heavy atom. The van der Waals surface area contributed by atoms with Gasteiger partial charge in [0.15, 0.2) is 16.7 Å². The molecule has 1 saturated heterocycles. The summed E-state index contributed by atoms with van der Waals surface area (Å²) in [4.78, 5) is 23.2. The topological polar surface area (TPSA) is 90.1 Å². The Kier molecular flexibility index (Phi) is 5.31. The van der Waals surface area contributed by atoms with Crippen molar-refractivity contribution in [3.05, 3.63) is 57.9 Å². The number of hydrogen-bond acceptors (Lipinski definition) is 8. The van der Waals surface area contributed by atoms with Crippen LogP contribution in [0.3, 0.4) is 0 Å². The molecule has 0 radical (unpaired) electrons. The van der Waals surface area contributed by atoms with E-state index < -0.39 is 0 Å². The standard InChI is InChI=1S/C20H22N4O4S/c1-4-12-11-29-20-22-18(14-7-5-6-8-21-14)19(23(12)20)13-9-16(27-2)17(28-3)10-15(13)24(25)26/h5-10,12,18-19H,4,11H2,1-3H3/t12-,18+,19+/m0/s1. The molecule has 152 valence electrons. The van der Waals surface area contributed by atoms with Gasteiger partial charge in [0.05, 0.1) is 42.5 Å². The molecule has 4 rings (SSSR count). The Morgan fingerprint density at radius 3 is 2.66 bits per heavy atom. The molecular weight excluding hydrogens is 392 g/mol. The molecule has 2 aromatic rings. The highest BCUT2D eigenvalue weighted by Gasteiger charge is 2.47. The van der Waals surface area contributed by atoms with Crippen LogP contribution < -0.4 is 9.47 Å². The highest BCUT2D eigenvalue weighted by Crippen LogP contribution is 2.52. The quantitative estimate of drug-likeness (QED) is 0.521. The zero-order valence-electron chi connectivity index (χ0n) is 16.4. The third-order valence-electron chi connectivity index (χ3n) is 5.38. The maximum atomic E-state index is 12.0. The van der Waals surface area contributed by atoms with Gasteiger partial charge in [0.1, 0.15) is 6.04 Å². The predicted octanol–water partition coefficient (Wildman–Crippen LogP) is 3.99. The minimum Gasteiger partial charge on any atom is -0.493 e. The van der Waals surface area contributed by atoms with Gasteiger partial charge in [0, 0.05) is 18.0 Å². The molecule has 1 aromatic carbocycles. The molecule has 1 fully saturated rings. The summed E-state index contributed by atoms with van der Waals surface area (Å²) in [6.45, 7) is 2.13. The minimum absolute atomic E-state index is 0.00298. The van der Waals surface area contributed by atoms with Gasteiger partial charge in [-0.2, -0.15) is 0 Å². The predicted molar refractivity (Wildman–Crippen MR) is 112 cm³/mol. The molecule has 0 aliphatic carbocycles. The van der Waals surface area contributed by atoms with Crippen molar-refractivity contribution >= 4 is 22.6 Å². The number of hydrogen-bond donors (Lipinski definition) is 0. The van der Waals surface area contributed by atoms with Crippen molar-refractivity contribution in [2.45, 2.75) is 31.5 Å². The van der Waals surface area contributed by atoms with Gasteiger partial charge >= 0.3 is 0 Å². The van der Waals surface area contributed by atoms with E-state index in [1.165, 1.54) is 20.3 Å². The highest BCUT2D eigenvalue weighted by molar-refractivity contribution is 8.14. The van der Waals surface area contributed by atoms with E-state index in [1.54, 1.807) is 24.0 Å². The molecule has 3 heterocycles. The molecule has 9 heteroatoms. The van der Waals surface area contributed by atoms with Gasteiger partial charge < -0.3 is 14.4 Å². The van der Waals surface area contributed by atoms with Crippen LogP contribution in [0.2, 0.25) is 0 Å². The highest BCUT2D eigenvalue weighted by atomic mass is 32.2. The van der Waals surface area contributed by atoms with Crippen LogP contribution in [0.5, 0.6) is 11.5 Å². The number of fused-ring (bicyclic) bond motifs is 1. The van der Waals surface area contributed by atoms with E-state index in [9.17, 15) is 10.1 Å². The molecule has 2 aliphatic heterocycles. The third kappa shape index (κ3) is 3.29. The van der Waals surface area contributed by atoms with E-state index in [4.69, 9.17) is 14.5 Å². The van der Waals surface area contributed by atoms with Crippen molar-refractivity contribution in [3.63, 3.8) is 0 Å². The number of benzene rings is 1. The first-order valence-corrected chi connectivity index (χ1v) is 10.4. The lowest BCUT2D eigenvalue weighted by molar-refractivity contribution is -0.386. The van der Waals surface area contributed by atoms with E-state index in [0.717, 1.165) is 23.0 Å². The van der Waals surface area contributed by atoms with Gasteiger partial charge in [-0.1, -0.05) is 24.8 Å². The largest absolute Gasteiger partial charge is 0.493 e. The van der Waals surface area contributed by atoms with E-state index in [-0.39, 0.29) is 28.7 Å². The van der Waals surface area contributed by atoms with Crippen LogP contribution in [0.1, 0.15) is 36.7 Å².